The van der Waals surface area contributed by atoms with E-state index in [1.165, 1.54) is 18.5 Å². The van der Waals surface area contributed by atoms with Gasteiger partial charge in [-0.1, -0.05) is 11.2 Å². The predicted octanol–water partition coefficient (Wildman–Crippen LogP) is 3.76. The SMILES string of the molecule is Fc1ccc(-c2noc3ncnc(NCc4ccc5c(c4)OCO5)c23)cc1. The van der Waals surface area contributed by atoms with Gasteiger partial charge in [0.2, 0.25) is 6.79 Å². The average Bonchev–Trinajstić information content (AvgIpc) is 3.33. The van der Waals surface area contributed by atoms with Crippen molar-refractivity contribution >= 4 is 16.9 Å². The number of fused-ring (bicyclic) bond motifs is 2. The van der Waals surface area contributed by atoms with Gasteiger partial charge < -0.3 is 19.3 Å². The first-order valence-electron chi connectivity index (χ1n) is 8.27. The summed E-state index contributed by atoms with van der Waals surface area (Å²) in [5.41, 5.74) is 2.64. The highest BCUT2D eigenvalue weighted by atomic mass is 19.1. The molecular formula is C19H13FN4O3. The highest BCUT2D eigenvalue weighted by Crippen LogP contribution is 2.34. The highest BCUT2D eigenvalue weighted by Gasteiger charge is 2.17. The lowest BCUT2D eigenvalue weighted by Gasteiger charge is -2.08. The maximum absolute atomic E-state index is 13.2. The molecule has 0 saturated carbocycles. The fourth-order valence-corrected chi connectivity index (χ4v) is 2.96. The second kappa shape index (κ2) is 6.24. The molecule has 0 fully saturated rings. The second-order valence-electron chi connectivity index (χ2n) is 5.98. The second-order valence-corrected chi connectivity index (χ2v) is 5.98. The molecule has 5 rings (SSSR count). The molecule has 2 aromatic carbocycles. The molecule has 0 bridgehead atoms. The van der Waals surface area contributed by atoms with Crippen molar-refractivity contribution < 1.29 is 18.4 Å². The van der Waals surface area contributed by atoms with Crippen LogP contribution in [0.5, 0.6) is 11.5 Å². The molecule has 134 valence electrons. The molecule has 0 unspecified atom stereocenters. The zero-order valence-electron chi connectivity index (χ0n) is 14.0. The molecule has 0 radical (unpaired) electrons. The molecule has 0 aliphatic carbocycles. The molecular weight excluding hydrogens is 351 g/mol. The van der Waals surface area contributed by atoms with E-state index in [9.17, 15) is 4.39 Å². The first-order chi connectivity index (χ1) is 13.3. The molecule has 1 aliphatic heterocycles. The summed E-state index contributed by atoms with van der Waals surface area (Å²) in [6.45, 7) is 0.747. The maximum atomic E-state index is 13.2. The van der Waals surface area contributed by atoms with E-state index >= 15 is 0 Å². The molecule has 27 heavy (non-hydrogen) atoms. The van der Waals surface area contributed by atoms with Crippen molar-refractivity contribution in [2.45, 2.75) is 6.54 Å². The third-order valence-corrected chi connectivity index (χ3v) is 4.29. The quantitative estimate of drug-likeness (QED) is 0.590. The van der Waals surface area contributed by atoms with Gasteiger partial charge in [0.15, 0.2) is 11.5 Å². The molecule has 0 atom stereocenters. The Morgan fingerprint density at radius 2 is 1.85 bits per heavy atom. The topological polar surface area (TPSA) is 82.3 Å². The molecule has 0 spiro atoms. The van der Waals surface area contributed by atoms with E-state index in [2.05, 4.69) is 20.4 Å². The summed E-state index contributed by atoms with van der Waals surface area (Å²) >= 11 is 0. The lowest BCUT2D eigenvalue weighted by molar-refractivity contribution is 0.174. The number of ether oxygens (including phenoxy) is 2. The standard InChI is InChI=1S/C19H13FN4O3/c20-13-4-2-12(3-5-13)17-16-18(22-9-23-19(16)27-24-17)21-8-11-1-6-14-15(7-11)26-10-25-14/h1-7,9H,8,10H2,(H,21,22,23). The Labute approximate surface area is 152 Å². The van der Waals surface area contributed by atoms with Crippen molar-refractivity contribution in [1.82, 2.24) is 15.1 Å². The number of hydrogen-bond donors (Lipinski definition) is 1. The summed E-state index contributed by atoms with van der Waals surface area (Å²) in [4.78, 5) is 8.44. The number of nitrogens with one attached hydrogen (secondary N) is 1. The van der Waals surface area contributed by atoms with Crippen LogP contribution < -0.4 is 14.8 Å². The Morgan fingerprint density at radius 1 is 1.00 bits per heavy atom. The molecule has 7 nitrogen and oxygen atoms in total. The molecule has 1 N–H and O–H groups in total. The van der Waals surface area contributed by atoms with Gasteiger partial charge >= 0.3 is 0 Å². The van der Waals surface area contributed by atoms with Crippen LogP contribution in [0.25, 0.3) is 22.4 Å². The Hall–Kier alpha value is -3.68. The van der Waals surface area contributed by atoms with Gasteiger partial charge in [-0.05, 0) is 42.0 Å². The highest BCUT2D eigenvalue weighted by molar-refractivity contribution is 5.97. The molecule has 3 heterocycles. The van der Waals surface area contributed by atoms with Gasteiger partial charge in [-0.3, -0.25) is 0 Å². The third-order valence-electron chi connectivity index (χ3n) is 4.29. The average molecular weight is 364 g/mol. The van der Waals surface area contributed by atoms with Crippen LogP contribution in [0.3, 0.4) is 0 Å². The van der Waals surface area contributed by atoms with E-state index < -0.39 is 0 Å². The van der Waals surface area contributed by atoms with Gasteiger partial charge in [-0.15, -0.1) is 0 Å². The Balaban J connectivity index is 1.48. The Kier molecular flexibility index (Phi) is 3.60. The molecule has 4 aromatic rings. The normalized spacial score (nSPS) is 12.5. The van der Waals surface area contributed by atoms with E-state index in [1.807, 2.05) is 18.2 Å². The number of benzene rings is 2. The van der Waals surface area contributed by atoms with Crippen LogP contribution in [0.4, 0.5) is 10.2 Å². The zero-order valence-corrected chi connectivity index (χ0v) is 14.0. The van der Waals surface area contributed by atoms with Crippen molar-refractivity contribution in [2.75, 3.05) is 12.1 Å². The first-order valence-corrected chi connectivity index (χ1v) is 8.27. The molecule has 0 amide bonds. The van der Waals surface area contributed by atoms with E-state index in [0.29, 0.717) is 29.2 Å². The number of hydrogen-bond acceptors (Lipinski definition) is 7. The van der Waals surface area contributed by atoms with Crippen LogP contribution in [-0.2, 0) is 6.54 Å². The van der Waals surface area contributed by atoms with E-state index in [-0.39, 0.29) is 12.6 Å². The summed E-state index contributed by atoms with van der Waals surface area (Å²) < 4.78 is 29.3. The molecule has 2 aromatic heterocycles. The molecule has 1 aliphatic rings. The van der Waals surface area contributed by atoms with Crippen LogP contribution in [0.2, 0.25) is 0 Å². The van der Waals surface area contributed by atoms with Crippen LogP contribution >= 0.6 is 0 Å². The van der Waals surface area contributed by atoms with Gasteiger partial charge in [-0.25, -0.2) is 9.37 Å². The van der Waals surface area contributed by atoms with Crippen LogP contribution in [0.1, 0.15) is 5.56 Å². The van der Waals surface area contributed by atoms with E-state index in [4.69, 9.17) is 14.0 Å². The van der Waals surface area contributed by atoms with Crippen molar-refractivity contribution in [3.63, 3.8) is 0 Å². The predicted molar refractivity (Wildman–Crippen MR) is 94.9 cm³/mol. The Bertz CT molecular complexity index is 1130. The van der Waals surface area contributed by atoms with Gasteiger partial charge in [0.05, 0.1) is 0 Å². The number of nitrogens with zero attached hydrogens (tertiary/aromatic N) is 3. The van der Waals surface area contributed by atoms with Crippen LogP contribution in [0.15, 0.2) is 53.3 Å². The fourth-order valence-electron chi connectivity index (χ4n) is 2.96. The minimum absolute atomic E-state index is 0.237. The monoisotopic (exact) mass is 364 g/mol. The summed E-state index contributed by atoms with van der Waals surface area (Å²) in [6.07, 6.45) is 1.41. The zero-order chi connectivity index (χ0) is 18.2. The van der Waals surface area contributed by atoms with Gasteiger partial charge in [0, 0.05) is 12.1 Å². The van der Waals surface area contributed by atoms with Crippen molar-refractivity contribution in [3.05, 3.63) is 60.2 Å². The number of anilines is 1. The van der Waals surface area contributed by atoms with Gasteiger partial charge in [0.25, 0.3) is 5.71 Å². The minimum atomic E-state index is -0.316. The third kappa shape index (κ3) is 2.80. The maximum Gasteiger partial charge on any atom is 0.263 e. The lowest BCUT2D eigenvalue weighted by atomic mass is 10.1. The summed E-state index contributed by atoms with van der Waals surface area (Å²) in [5, 5.41) is 8.01. The molecule has 0 saturated heterocycles. The van der Waals surface area contributed by atoms with Gasteiger partial charge in [-0.2, -0.15) is 4.98 Å². The van der Waals surface area contributed by atoms with E-state index in [0.717, 1.165) is 22.6 Å². The van der Waals surface area contributed by atoms with Crippen molar-refractivity contribution in [2.24, 2.45) is 0 Å². The lowest BCUT2D eigenvalue weighted by Crippen LogP contribution is -2.02. The number of rotatable bonds is 4. The number of aromatic nitrogens is 3. The first kappa shape index (κ1) is 15.6. The minimum Gasteiger partial charge on any atom is -0.454 e. The van der Waals surface area contributed by atoms with Crippen LogP contribution in [0, 0.1) is 5.82 Å². The number of halogens is 1. The summed E-state index contributed by atoms with van der Waals surface area (Å²) in [5.74, 6) is 1.72. The van der Waals surface area contributed by atoms with Crippen molar-refractivity contribution in [3.8, 4) is 22.8 Å². The van der Waals surface area contributed by atoms with Crippen molar-refractivity contribution in [1.29, 1.82) is 0 Å². The smallest absolute Gasteiger partial charge is 0.263 e. The van der Waals surface area contributed by atoms with Crippen LogP contribution in [-0.4, -0.2) is 21.9 Å². The summed E-state index contributed by atoms with van der Waals surface area (Å²) in [7, 11) is 0. The van der Waals surface area contributed by atoms with Gasteiger partial charge in [0.1, 0.15) is 29.0 Å². The fraction of sp³-hybridized carbons (Fsp3) is 0.105. The Morgan fingerprint density at radius 3 is 2.74 bits per heavy atom. The summed E-state index contributed by atoms with van der Waals surface area (Å²) in [6, 6.07) is 11.8. The van der Waals surface area contributed by atoms with E-state index in [1.54, 1.807) is 12.1 Å². The largest absolute Gasteiger partial charge is 0.454 e. The molecule has 8 heteroatoms.